The number of aromatic nitrogens is 2. The quantitative estimate of drug-likeness (QED) is 0.753. The summed E-state index contributed by atoms with van der Waals surface area (Å²) in [6, 6.07) is 3.38. The highest BCUT2D eigenvalue weighted by Gasteiger charge is 2.11. The Labute approximate surface area is 126 Å². The smallest absolute Gasteiger partial charge is 0.148 e. The van der Waals surface area contributed by atoms with Gasteiger partial charge in [0.15, 0.2) is 0 Å². The molecule has 0 radical (unpaired) electrons. The minimum atomic E-state index is 0.209. The maximum atomic E-state index is 6.12. The van der Waals surface area contributed by atoms with Gasteiger partial charge in [0.1, 0.15) is 10.9 Å². The fourth-order valence-electron chi connectivity index (χ4n) is 1.49. The minimum absolute atomic E-state index is 0.209. The molecule has 0 spiro atoms. The van der Waals surface area contributed by atoms with Gasteiger partial charge in [-0.05, 0) is 18.6 Å². The van der Waals surface area contributed by atoms with Crippen molar-refractivity contribution in [2.24, 2.45) is 0 Å². The zero-order valence-electron chi connectivity index (χ0n) is 10.2. The third-order valence-corrected chi connectivity index (χ3v) is 3.31. The third-order valence-electron chi connectivity index (χ3n) is 2.35. The van der Waals surface area contributed by atoms with Gasteiger partial charge in [0.05, 0.1) is 28.5 Å². The molecule has 0 N–H and O–H groups in total. The number of ether oxygens (including phenoxy) is 1. The molecule has 6 heteroatoms. The molecule has 19 heavy (non-hydrogen) atoms. The van der Waals surface area contributed by atoms with Crippen LogP contribution in [0.3, 0.4) is 0 Å². The molecule has 0 aliphatic rings. The van der Waals surface area contributed by atoms with Crippen molar-refractivity contribution in [3.63, 3.8) is 0 Å². The summed E-state index contributed by atoms with van der Waals surface area (Å²) in [5.41, 5.74) is 1.27. The molecule has 100 valence electrons. The number of hydrogen-bond donors (Lipinski definition) is 0. The van der Waals surface area contributed by atoms with Crippen LogP contribution in [0.4, 0.5) is 0 Å². The molecule has 0 saturated heterocycles. The molecular weight excluding hydrogens is 307 g/mol. The molecule has 2 aromatic heterocycles. The third kappa shape index (κ3) is 3.50. The predicted molar refractivity (Wildman–Crippen MR) is 78.3 cm³/mol. The number of nitrogens with zero attached hydrogens (tertiary/aromatic N) is 2. The van der Waals surface area contributed by atoms with E-state index in [4.69, 9.17) is 39.5 Å². The number of pyridine rings is 2. The van der Waals surface area contributed by atoms with E-state index in [1.165, 1.54) is 0 Å². The summed E-state index contributed by atoms with van der Waals surface area (Å²) >= 11 is 17.9. The molecule has 0 aromatic carbocycles. The van der Waals surface area contributed by atoms with Gasteiger partial charge in [-0.3, -0.25) is 4.98 Å². The van der Waals surface area contributed by atoms with E-state index in [0.29, 0.717) is 28.1 Å². The first kappa shape index (κ1) is 14.4. The van der Waals surface area contributed by atoms with Crippen molar-refractivity contribution in [2.45, 2.75) is 13.3 Å². The van der Waals surface area contributed by atoms with Crippen LogP contribution in [0.5, 0.6) is 5.75 Å². The lowest BCUT2D eigenvalue weighted by molar-refractivity contribution is 0.316. The fraction of sp³-hybridized carbons (Fsp3) is 0.231. The Hall–Kier alpha value is -1.03. The summed E-state index contributed by atoms with van der Waals surface area (Å²) in [7, 11) is 0. The van der Waals surface area contributed by atoms with Crippen molar-refractivity contribution in [3.05, 3.63) is 39.7 Å². The Kier molecular flexibility index (Phi) is 4.86. The van der Waals surface area contributed by atoms with E-state index >= 15 is 0 Å². The van der Waals surface area contributed by atoms with Crippen LogP contribution in [0.15, 0.2) is 24.5 Å². The Morgan fingerprint density at radius 3 is 2.63 bits per heavy atom. The second-order valence-corrected chi connectivity index (χ2v) is 5.02. The SMILES string of the molecule is CCCOc1cncc(-c2nc(Cl)c(Cl)cc2Cl)c1. The van der Waals surface area contributed by atoms with Gasteiger partial charge in [-0.25, -0.2) is 4.98 Å². The highest BCUT2D eigenvalue weighted by Crippen LogP contribution is 2.32. The van der Waals surface area contributed by atoms with Gasteiger partial charge in [0.2, 0.25) is 0 Å². The maximum absolute atomic E-state index is 6.12. The largest absolute Gasteiger partial charge is 0.492 e. The van der Waals surface area contributed by atoms with Gasteiger partial charge in [0, 0.05) is 11.8 Å². The van der Waals surface area contributed by atoms with Gasteiger partial charge in [0.25, 0.3) is 0 Å². The Morgan fingerprint density at radius 2 is 1.89 bits per heavy atom. The summed E-state index contributed by atoms with van der Waals surface area (Å²) in [5.74, 6) is 0.670. The molecule has 0 aliphatic carbocycles. The van der Waals surface area contributed by atoms with Crippen molar-refractivity contribution in [1.82, 2.24) is 9.97 Å². The second-order valence-electron chi connectivity index (χ2n) is 3.85. The summed E-state index contributed by atoms with van der Waals surface area (Å²) < 4.78 is 5.52. The molecule has 2 rings (SSSR count). The topological polar surface area (TPSA) is 35.0 Å². The first-order valence-corrected chi connectivity index (χ1v) is 6.85. The summed E-state index contributed by atoms with van der Waals surface area (Å²) in [5, 5.41) is 0.951. The Bertz CT molecular complexity index is 590. The zero-order valence-corrected chi connectivity index (χ0v) is 12.4. The van der Waals surface area contributed by atoms with E-state index in [1.54, 1.807) is 18.5 Å². The lowest BCUT2D eigenvalue weighted by Crippen LogP contribution is -1.96. The van der Waals surface area contributed by atoms with Crippen molar-refractivity contribution < 1.29 is 4.74 Å². The Morgan fingerprint density at radius 1 is 1.11 bits per heavy atom. The molecule has 0 fully saturated rings. The summed E-state index contributed by atoms with van der Waals surface area (Å²) in [4.78, 5) is 8.28. The molecule has 0 bridgehead atoms. The van der Waals surface area contributed by atoms with E-state index in [0.717, 1.165) is 12.0 Å². The molecule has 0 amide bonds. The van der Waals surface area contributed by atoms with Crippen LogP contribution in [0.2, 0.25) is 15.2 Å². The first-order valence-electron chi connectivity index (χ1n) is 5.71. The van der Waals surface area contributed by atoms with E-state index in [9.17, 15) is 0 Å². The van der Waals surface area contributed by atoms with Gasteiger partial charge < -0.3 is 4.74 Å². The molecule has 3 nitrogen and oxygen atoms in total. The van der Waals surface area contributed by atoms with Gasteiger partial charge >= 0.3 is 0 Å². The molecule has 0 aliphatic heterocycles. The average molecular weight is 318 g/mol. The fourth-order valence-corrected chi connectivity index (χ4v) is 2.10. The number of hydrogen-bond acceptors (Lipinski definition) is 3. The number of halogens is 3. The molecular formula is C13H11Cl3N2O. The molecule has 2 aromatic rings. The van der Waals surface area contributed by atoms with Crippen LogP contribution >= 0.6 is 34.8 Å². The molecule has 2 heterocycles. The standard InChI is InChI=1S/C13H11Cl3N2O/c1-2-3-19-9-4-8(6-17-7-9)12-10(14)5-11(15)13(16)18-12/h4-7H,2-3H2,1H3. The van der Waals surface area contributed by atoms with Crippen molar-refractivity contribution >= 4 is 34.8 Å². The maximum Gasteiger partial charge on any atom is 0.148 e. The lowest BCUT2D eigenvalue weighted by Gasteiger charge is -2.08. The zero-order chi connectivity index (χ0) is 13.8. The van der Waals surface area contributed by atoms with Crippen LogP contribution in [-0.2, 0) is 0 Å². The van der Waals surface area contributed by atoms with Crippen molar-refractivity contribution in [1.29, 1.82) is 0 Å². The van der Waals surface area contributed by atoms with Crippen LogP contribution in [0.25, 0.3) is 11.3 Å². The van der Waals surface area contributed by atoms with Gasteiger partial charge in [-0.2, -0.15) is 0 Å². The molecule has 0 unspecified atom stereocenters. The molecule has 0 saturated carbocycles. The first-order chi connectivity index (χ1) is 9.11. The van der Waals surface area contributed by atoms with Gasteiger partial charge in [-0.15, -0.1) is 0 Å². The van der Waals surface area contributed by atoms with Crippen molar-refractivity contribution in [2.75, 3.05) is 6.61 Å². The van der Waals surface area contributed by atoms with E-state index < -0.39 is 0 Å². The van der Waals surface area contributed by atoms with E-state index in [-0.39, 0.29) is 5.15 Å². The normalized spacial score (nSPS) is 10.5. The highest BCUT2D eigenvalue weighted by atomic mass is 35.5. The van der Waals surface area contributed by atoms with E-state index in [2.05, 4.69) is 9.97 Å². The van der Waals surface area contributed by atoms with E-state index in [1.807, 2.05) is 13.0 Å². The number of rotatable bonds is 4. The van der Waals surface area contributed by atoms with Crippen LogP contribution in [-0.4, -0.2) is 16.6 Å². The summed E-state index contributed by atoms with van der Waals surface area (Å²) in [6.07, 6.45) is 4.22. The van der Waals surface area contributed by atoms with Crippen molar-refractivity contribution in [3.8, 4) is 17.0 Å². The molecule has 0 atom stereocenters. The highest BCUT2D eigenvalue weighted by molar-refractivity contribution is 6.42. The predicted octanol–water partition coefficient (Wildman–Crippen LogP) is 4.89. The monoisotopic (exact) mass is 316 g/mol. The lowest BCUT2D eigenvalue weighted by atomic mass is 10.2. The van der Waals surface area contributed by atoms with Gasteiger partial charge in [-0.1, -0.05) is 41.7 Å². The van der Waals surface area contributed by atoms with Crippen LogP contribution in [0, 0.1) is 0 Å². The average Bonchev–Trinajstić information content (AvgIpc) is 2.41. The Balaban J connectivity index is 2.38. The van der Waals surface area contributed by atoms with Crippen LogP contribution in [0.1, 0.15) is 13.3 Å². The second kappa shape index (κ2) is 6.42. The van der Waals surface area contributed by atoms with Crippen LogP contribution < -0.4 is 4.74 Å². The summed E-state index contributed by atoms with van der Waals surface area (Å²) in [6.45, 7) is 2.67. The minimum Gasteiger partial charge on any atom is -0.492 e.